The van der Waals surface area contributed by atoms with Crippen LogP contribution < -0.4 is 0 Å². The molecule has 0 amide bonds. The second kappa shape index (κ2) is 5.33. The van der Waals surface area contributed by atoms with Crippen molar-refractivity contribution in [2.24, 2.45) is 5.41 Å². The van der Waals surface area contributed by atoms with Crippen molar-refractivity contribution in [2.75, 3.05) is 0 Å². The fourth-order valence-corrected chi connectivity index (χ4v) is 1.80. The number of halogens is 2. The lowest BCUT2D eigenvalue weighted by Gasteiger charge is -2.17. The average molecular weight is 304 g/mol. The molecular formula is C13H16BrClO. The van der Waals surface area contributed by atoms with Crippen molar-refractivity contribution in [3.8, 4) is 0 Å². The van der Waals surface area contributed by atoms with E-state index in [1.807, 2.05) is 0 Å². The number of Topliss-reactive ketones (excluding diaryl/α,β-unsaturated/α-hetero) is 1. The van der Waals surface area contributed by atoms with E-state index < -0.39 is 0 Å². The zero-order chi connectivity index (χ0) is 12.3. The number of carbonyl (C=O) groups excluding carboxylic acids is 1. The number of hydrogen-bond acceptors (Lipinski definition) is 1. The van der Waals surface area contributed by atoms with E-state index in [9.17, 15) is 4.79 Å². The summed E-state index contributed by atoms with van der Waals surface area (Å²) < 4.78 is 0.774. The van der Waals surface area contributed by atoms with Gasteiger partial charge in [0.1, 0.15) is 0 Å². The summed E-state index contributed by atoms with van der Waals surface area (Å²) in [4.78, 5) is 11.9. The molecular weight excluding hydrogens is 287 g/mol. The van der Waals surface area contributed by atoms with E-state index in [0.717, 1.165) is 16.5 Å². The first-order valence-corrected chi connectivity index (χ1v) is 6.45. The van der Waals surface area contributed by atoms with Crippen LogP contribution in [0.15, 0.2) is 22.7 Å². The number of benzene rings is 1. The van der Waals surface area contributed by atoms with Crippen molar-refractivity contribution >= 4 is 33.3 Å². The molecule has 0 aromatic heterocycles. The first kappa shape index (κ1) is 13.7. The molecule has 3 heteroatoms. The van der Waals surface area contributed by atoms with Gasteiger partial charge in [-0.2, -0.15) is 0 Å². The van der Waals surface area contributed by atoms with Crippen LogP contribution in [0.3, 0.4) is 0 Å². The van der Waals surface area contributed by atoms with Gasteiger partial charge in [0.15, 0.2) is 5.78 Å². The molecule has 1 aromatic carbocycles. The minimum Gasteiger partial charge on any atom is -0.294 e. The highest BCUT2D eigenvalue weighted by molar-refractivity contribution is 9.10. The Labute approximate surface area is 110 Å². The molecule has 0 radical (unpaired) electrons. The molecule has 0 bridgehead atoms. The van der Waals surface area contributed by atoms with Crippen LogP contribution in [0, 0.1) is 5.41 Å². The van der Waals surface area contributed by atoms with Crippen LogP contribution in [0.4, 0.5) is 0 Å². The smallest absolute Gasteiger partial charge is 0.162 e. The van der Waals surface area contributed by atoms with Gasteiger partial charge in [-0.1, -0.05) is 32.4 Å². The van der Waals surface area contributed by atoms with Gasteiger partial charge in [-0.05, 0) is 46.0 Å². The van der Waals surface area contributed by atoms with Crippen LogP contribution in [0.2, 0.25) is 5.02 Å². The molecule has 0 spiro atoms. The average Bonchev–Trinajstić information content (AvgIpc) is 2.17. The minimum atomic E-state index is 0.173. The number of hydrogen-bond donors (Lipinski definition) is 0. The van der Waals surface area contributed by atoms with E-state index in [1.54, 1.807) is 18.2 Å². The maximum absolute atomic E-state index is 11.9. The van der Waals surface area contributed by atoms with Crippen molar-refractivity contribution in [1.82, 2.24) is 0 Å². The second-order valence-corrected chi connectivity index (χ2v) is 6.37. The fraction of sp³-hybridized carbons (Fsp3) is 0.462. The highest BCUT2D eigenvalue weighted by atomic mass is 79.9. The molecule has 0 aliphatic heterocycles. The Morgan fingerprint density at radius 1 is 1.38 bits per heavy atom. The van der Waals surface area contributed by atoms with E-state index >= 15 is 0 Å². The summed E-state index contributed by atoms with van der Waals surface area (Å²) >= 11 is 9.20. The van der Waals surface area contributed by atoms with Gasteiger partial charge in [0.25, 0.3) is 0 Å². The van der Waals surface area contributed by atoms with Crippen LogP contribution in [0.5, 0.6) is 0 Å². The number of carbonyl (C=O) groups is 1. The van der Waals surface area contributed by atoms with Crippen molar-refractivity contribution in [3.05, 3.63) is 33.3 Å². The van der Waals surface area contributed by atoms with Crippen molar-refractivity contribution in [3.63, 3.8) is 0 Å². The molecule has 1 rings (SSSR count). The van der Waals surface area contributed by atoms with Gasteiger partial charge in [-0.25, -0.2) is 0 Å². The maximum Gasteiger partial charge on any atom is 0.162 e. The lowest BCUT2D eigenvalue weighted by Crippen LogP contribution is -2.09. The summed E-state index contributed by atoms with van der Waals surface area (Å²) in [6.45, 7) is 6.41. The molecule has 1 nitrogen and oxygen atoms in total. The highest BCUT2D eigenvalue weighted by Gasteiger charge is 2.14. The summed E-state index contributed by atoms with van der Waals surface area (Å²) in [7, 11) is 0. The lowest BCUT2D eigenvalue weighted by atomic mass is 9.88. The van der Waals surface area contributed by atoms with E-state index in [4.69, 9.17) is 11.6 Å². The van der Waals surface area contributed by atoms with Crippen molar-refractivity contribution in [1.29, 1.82) is 0 Å². The monoisotopic (exact) mass is 302 g/mol. The molecule has 0 unspecified atom stereocenters. The molecule has 0 aliphatic rings. The molecule has 0 aliphatic carbocycles. The third kappa shape index (κ3) is 4.26. The fourth-order valence-electron chi connectivity index (χ4n) is 1.30. The van der Waals surface area contributed by atoms with Gasteiger partial charge < -0.3 is 0 Å². The zero-order valence-electron chi connectivity index (χ0n) is 9.81. The zero-order valence-corrected chi connectivity index (χ0v) is 12.2. The SMILES string of the molecule is CC(C)(C)CCC(=O)c1ccc(Cl)c(Br)c1. The van der Waals surface area contributed by atoms with Crippen LogP contribution >= 0.6 is 27.5 Å². The Morgan fingerprint density at radius 3 is 2.50 bits per heavy atom. The minimum absolute atomic E-state index is 0.173. The largest absolute Gasteiger partial charge is 0.294 e. The Kier molecular flexibility index (Phi) is 4.57. The Balaban J connectivity index is 2.70. The third-order valence-electron chi connectivity index (χ3n) is 2.34. The van der Waals surface area contributed by atoms with Crippen LogP contribution in [0.1, 0.15) is 44.0 Å². The summed E-state index contributed by atoms with van der Waals surface area (Å²) in [5.41, 5.74) is 0.916. The van der Waals surface area contributed by atoms with Gasteiger partial charge in [0, 0.05) is 16.5 Å². The number of rotatable bonds is 3. The van der Waals surface area contributed by atoms with Gasteiger partial charge in [0.05, 0.1) is 5.02 Å². The molecule has 0 saturated carbocycles. The molecule has 0 saturated heterocycles. The summed E-state index contributed by atoms with van der Waals surface area (Å²) in [6, 6.07) is 5.31. The molecule has 0 atom stereocenters. The normalized spacial score (nSPS) is 11.6. The molecule has 88 valence electrons. The molecule has 0 heterocycles. The van der Waals surface area contributed by atoms with Gasteiger partial charge in [-0.3, -0.25) is 4.79 Å². The topological polar surface area (TPSA) is 17.1 Å². The second-order valence-electron chi connectivity index (χ2n) is 5.11. The Bertz CT molecular complexity index is 393. The van der Waals surface area contributed by atoms with E-state index in [2.05, 4.69) is 36.7 Å². The van der Waals surface area contributed by atoms with Crippen molar-refractivity contribution < 1.29 is 4.79 Å². The maximum atomic E-state index is 11.9. The summed E-state index contributed by atoms with van der Waals surface area (Å²) in [5.74, 6) is 0.173. The van der Waals surface area contributed by atoms with E-state index in [0.29, 0.717) is 11.4 Å². The predicted octanol–water partition coefficient (Wildman–Crippen LogP) is 5.11. The molecule has 1 aromatic rings. The predicted molar refractivity (Wildman–Crippen MR) is 72.2 cm³/mol. The van der Waals surface area contributed by atoms with E-state index in [-0.39, 0.29) is 11.2 Å². The first-order chi connectivity index (χ1) is 7.29. The number of ketones is 1. The van der Waals surface area contributed by atoms with Crippen LogP contribution in [-0.2, 0) is 0 Å². The van der Waals surface area contributed by atoms with Crippen LogP contribution in [0.25, 0.3) is 0 Å². The quantitative estimate of drug-likeness (QED) is 0.709. The standard InChI is InChI=1S/C13H16BrClO/c1-13(2,3)7-6-12(16)9-4-5-11(15)10(14)8-9/h4-5,8H,6-7H2,1-3H3. The molecule has 16 heavy (non-hydrogen) atoms. The Hall–Kier alpha value is -0.340. The lowest BCUT2D eigenvalue weighted by molar-refractivity contribution is 0.0966. The van der Waals surface area contributed by atoms with E-state index in [1.165, 1.54) is 0 Å². The third-order valence-corrected chi connectivity index (χ3v) is 3.56. The highest BCUT2D eigenvalue weighted by Crippen LogP contribution is 2.26. The first-order valence-electron chi connectivity index (χ1n) is 5.28. The van der Waals surface area contributed by atoms with Crippen molar-refractivity contribution in [2.45, 2.75) is 33.6 Å². The van der Waals surface area contributed by atoms with Gasteiger partial charge >= 0.3 is 0 Å². The Morgan fingerprint density at radius 2 is 2.00 bits per heavy atom. The molecule has 0 fully saturated rings. The molecule has 0 N–H and O–H groups in total. The van der Waals surface area contributed by atoms with Gasteiger partial charge in [0.2, 0.25) is 0 Å². The summed E-state index contributed by atoms with van der Waals surface area (Å²) in [5, 5.41) is 0.632. The van der Waals surface area contributed by atoms with Crippen LogP contribution in [-0.4, -0.2) is 5.78 Å². The van der Waals surface area contributed by atoms with Gasteiger partial charge in [-0.15, -0.1) is 0 Å². The summed E-state index contributed by atoms with van der Waals surface area (Å²) in [6.07, 6.45) is 1.48.